The van der Waals surface area contributed by atoms with Gasteiger partial charge in [-0.25, -0.2) is 0 Å². The molecule has 1 aliphatic rings. The van der Waals surface area contributed by atoms with Crippen LogP contribution in [0.2, 0.25) is 0 Å². The first-order valence-electron chi connectivity index (χ1n) is 6.14. The molecule has 1 aliphatic heterocycles. The second kappa shape index (κ2) is 4.57. The molecule has 0 spiro atoms. The molecule has 0 radical (unpaired) electrons. The SMILES string of the molecule is COc1cccc(N(C)C2CNC(C)(C)C2)c1. The highest BCUT2D eigenvalue weighted by Gasteiger charge is 2.32. The molecule has 1 aromatic rings. The zero-order valence-corrected chi connectivity index (χ0v) is 11.2. The molecule has 0 aromatic heterocycles. The molecule has 1 atom stereocenters. The van der Waals surface area contributed by atoms with Crippen LogP contribution in [0.1, 0.15) is 20.3 Å². The Morgan fingerprint density at radius 1 is 1.41 bits per heavy atom. The number of hydrogen-bond donors (Lipinski definition) is 1. The lowest BCUT2D eigenvalue weighted by atomic mass is 10.0. The second-order valence-corrected chi connectivity index (χ2v) is 5.44. The number of benzene rings is 1. The van der Waals surface area contributed by atoms with Crippen molar-refractivity contribution in [1.29, 1.82) is 0 Å². The van der Waals surface area contributed by atoms with Crippen molar-refractivity contribution in [3.8, 4) is 5.75 Å². The summed E-state index contributed by atoms with van der Waals surface area (Å²) in [6.07, 6.45) is 1.17. The van der Waals surface area contributed by atoms with Crippen LogP contribution < -0.4 is 15.0 Å². The van der Waals surface area contributed by atoms with Crippen molar-refractivity contribution in [3.05, 3.63) is 24.3 Å². The number of rotatable bonds is 3. The van der Waals surface area contributed by atoms with Crippen LogP contribution in [0.3, 0.4) is 0 Å². The molecule has 2 rings (SSSR count). The Labute approximate surface area is 104 Å². The third-order valence-electron chi connectivity index (χ3n) is 3.57. The highest BCUT2D eigenvalue weighted by molar-refractivity contribution is 5.51. The Kier molecular flexibility index (Phi) is 3.29. The molecule has 0 saturated carbocycles. The van der Waals surface area contributed by atoms with Crippen molar-refractivity contribution >= 4 is 5.69 Å². The van der Waals surface area contributed by atoms with Crippen LogP contribution in [0, 0.1) is 0 Å². The van der Waals surface area contributed by atoms with Crippen molar-refractivity contribution in [2.24, 2.45) is 0 Å². The molecule has 17 heavy (non-hydrogen) atoms. The Hall–Kier alpha value is -1.22. The minimum absolute atomic E-state index is 0.248. The van der Waals surface area contributed by atoms with Gasteiger partial charge in [0.05, 0.1) is 7.11 Å². The molecule has 1 unspecified atom stereocenters. The Morgan fingerprint density at radius 3 is 2.76 bits per heavy atom. The summed E-state index contributed by atoms with van der Waals surface area (Å²) in [5.74, 6) is 0.916. The van der Waals surface area contributed by atoms with E-state index in [1.54, 1.807) is 7.11 Å². The second-order valence-electron chi connectivity index (χ2n) is 5.44. The maximum atomic E-state index is 5.27. The van der Waals surface area contributed by atoms with Crippen LogP contribution in [0.4, 0.5) is 5.69 Å². The Bertz CT molecular complexity index is 390. The number of methoxy groups -OCH3 is 1. The Balaban J connectivity index is 2.11. The van der Waals surface area contributed by atoms with E-state index < -0.39 is 0 Å². The van der Waals surface area contributed by atoms with Gasteiger partial charge in [-0.3, -0.25) is 0 Å². The van der Waals surface area contributed by atoms with Crippen LogP contribution in [0.25, 0.3) is 0 Å². The van der Waals surface area contributed by atoms with E-state index in [9.17, 15) is 0 Å². The van der Waals surface area contributed by atoms with Crippen molar-refractivity contribution in [2.75, 3.05) is 25.6 Å². The fourth-order valence-corrected chi connectivity index (χ4v) is 2.44. The molecular weight excluding hydrogens is 212 g/mol. The van der Waals surface area contributed by atoms with Crippen molar-refractivity contribution < 1.29 is 4.74 Å². The molecule has 1 N–H and O–H groups in total. The fraction of sp³-hybridized carbons (Fsp3) is 0.571. The van der Waals surface area contributed by atoms with Gasteiger partial charge in [0.15, 0.2) is 0 Å². The van der Waals surface area contributed by atoms with Gasteiger partial charge in [-0.1, -0.05) is 6.07 Å². The van der Waals surface area contributed by atoms with Gasteiger partial charge < -0.3 is 15.0 Å². The van der Waals surface area contributed by atoms with Crippen molar-refractivity contribution in [2.45, 2.75) is 31.8 Å². The summed E-state index contributed by atoms with van der Waals surface area (Å²) in [6.45, 7) is 5.56. The highest BCUT2D eigenvalue weighted by atomic mass is 16.5. The van der Waals surface area contributed by atoms with Crippen LogP contribution in [0.5, 0.6) is 5.75 Å². The number of nitrogens with zero attached hydrogens (tertiary/aromatic N) is 1. The Morgan fingerprint density at radius 2 is 2.18 bits per heavy atom. The summed E-state index contributed by atoms with van der Waals surface area (Å²) < 4.78 is 5.27. The van der Waals surface area contributed by atoms with Gasteiger partial charge in [-0.05, 0) is 32.4 Å². The van der Waals surface area contributed by atoms with Crippen LogP contribution >= 0.6 is 0 Å². The first-order valence-corrected chi connectivity index (χ1v) is 6.14. The lowest BCUT2D eigenvalue weighted by molar-refractivity contribution is 0.414. The molecule has 0 aliphatic carbocycles. The van der Waals surface area contributed by atoms with E-state index in [4.69, 9.17) is 4.74 Å². The smallest absolute Gasteiger partial charge is 0.120 e. The number of likely N-dealkylation sites (N-methyl/N-ethyl adjacent to an activating group) is 1. The van der Waals surface area contributed by atoms with Crippen LogP contribution in [-0.4, -0.2) is 32.3 Å². The summed E-state index contributed by atoms with van der Waals surface area (Å²) in [7, 11) is 3.86. The summed E-state index contributed by atoms with van der Waals surface area (Å²) in [4.78, 5) is 2.34. The third-order valence-corrected chi connectivity index (χ3v) is 3.57. The van der Waals surface area contributed by atoms with Gasteiger partial charge in [0.1, 0.15) is 5.75 Å². The van der Waals surface area contributed by atoms with Gasteiger partial charge in [0.25, 0.3) is 0 Å². The predicted octanol–water partition coefficient (Wildman–Crippen LogP) is 2.27. The van der Waals surface area contributed by atoms with E-state index >= 15 is 0 Å². The molecule has 3 nitrogen and oxygen atoms in total. The first kappa shape index (κ1) is 12.2. The maximum absolute atomic E-state index is 5.27. The molecule has 3 heteroatoms. The standard InChI is InChI=1S/C14H22N2O/c1-14(2)9-12(10-15-14)16(3)11-6-5-7-13(8-11)17-4/h5-8,12,15H,9-10H2,1-4H3. The van der Waals surface area contributed by atoms with Crippen molar-refractivity contribution in [1.82, 2.24) is 5.32 Å². The fourth-order valence-electron chi connectivity index (χ4n) is 2.44. The average molecular weight is 234 g/mol. The van der Waals surface area contributed by atoms with Gasteiger partial charge in [-0.2, -0.15) is 0 Å². The normalized spacial score (nSPS) is 22.5. The largest absolute Gasteiger partial charge is 0.497 e. The highest BCUT2D eigenvalue weighted by Crippen LogP contribution is 2.27. The lowest BCUT2D eigenvalue weighted by Gasteiger charge is -2.27. The monoisotopic (exact) mass is 234 g/mol. The molecule has 1 saturated heterocycles. The van der Waals surface area contributed by atoms with Crippen LogP contribution in [0.15, 0.2) is 24.3 Å². The number of hydrogen-bond acceptors (Lipinski definition) is 3. The van der Waals surface area contributed by atoms with Gasteiger partial charge in [-0.15, -0.1) is 0 Å². The molecular formula is C14H22N2O. The van der Waals surface area contributed by atoms with E-state index in [-0.39, 0.29) is 5.54 Å². The molecule has 1 aromatic carbocycles. The minimum Gasteiger partial charge on any atom is -0.497 e. The maximum Gasteiger partial charge on any atom is 0.120 e. The average Bonchev–Trinajstić information content (AvgIpc) is 2.69. The topological polar surface area (TPSA) is 24.5 Å². The third kappa shape index (κ3) is 2.72. The quantitative estimate of drug-likeness (QED) is 0.868. The first-order chi connectivity index (χ1) is 8.02. The summed E-state index contributed by atoms with van der Waals surface area (Å²) in [6, 6.07) is 8.79. The van der Waals surface area contributed by atoms with E-state index in [0.717, 1.165) is 12.3 Å². The summed E-state index contributed by atoms with van der Waals surface area (Å²) in [5.41, 5.74) is 1.46. The summed E-state index contributed by atoms with van der Waals surface area (Å²) >= 11 is 0. The number of anilines is 1. The number of nitrogens with one attached hydrogen (secondary N) is 1. The molecule has 94 valence electrons. The lowest BCUT2D eigenvalue weighted by Crippen LogP contribution is -2.33. The van der Waals surface area contributed by atoms with Gasteiger partial charge >= 0.3 is 0 Å². The van der Waals surface area contributed by atoms with E-state index in [1.807, 2.05) is 12.1 Å². The predicted molar refractivity (Wildman–Crippen MR) is 71.9 cm³/mol. The zero-order chi connectivity index (χ0) is 12.5. The number of ether oxygens (including phenoxy) is 1. The minimum atomic E-state index is 0.248. The van der Waals surface area contributed by atoms with Gasteiger partial charge in [0, 0.05) is 36.9 Å². The van der Waals surface area contributed by atoms with Crippen LogP contribution in [-0.2, 0) is 0 Å². The summed E-state index contributed by atoms with van der Waals surface area (Å²) in [5, 5.41) is 3.55. The van der Waals surface area contributed by atoms with Crippen molar-refractivity contribution in [3.63, 3.8) is 0 Å². The van der Waals surface area contributed by atoms with Gasteiger partial charge in [0.2, 0.25) is 0 Å². The molecule has 1 fully saturated rings. The molecule has 1 heterocycles. The van der Waals surface area contributed by atoms with E-state index in [1.165, 1.54) is 12.1 Å². The van der Waals surface area contributed by atoms with E-state index in [2.05, 4.69) is 43.2 Å². The molecule has 0 amide bonds. The van der Waals surface area contributed by atoms with E-state index in [0.29, 0.717) is 6.04 Å². The molecule has 0 bridgehead atoms. The zero-order valence-electron chi connectivity index (χ0n) is 11.2.